The highest BCUT2D eigenvalue weighted by Crippen LogP contribution is 2.46. The second-order valence-corrected chi connectivity index (χ2v) is 8.19. The van der Waals surface area contributed by atoms with Crippen LogP contribution < -0.4 is 0 Å². The molecule has 0 saturated heterocycles. The quantitative estimate of drug-likeness (QED) is 0.270. The highest BCUT2D eigenvalue weighted by atomic mass is 32.2. The number of rotatable bonds is 3. The number of fused-ring (bicyclic) bond motifs is 2. The summed E-state index contributed by atoms with van der Waals surface area (Å²) < 4.78 is 20.5. The molecule has 0 bridgehead atoms. The number of para-hydroxylation sites is 1. The SMILES string of the molecule is O=[N+]([O-])c1ccc2oc(C3=Nc4ccccc4SC(c4ccccc4F)C3)cc2c1. The monoisotopic (exact) mass is 418 g/mol. The van der Waals surface area contributed by atoms with Crippen molar-refractivity contribution in [2.75, 3.05) is 0 Å². The van der Waals surface area contributed by atoms with E-state index in [0.29, 0.717) is 34.4 Å². The van der Waals surface area contributed by atoms with Crippen molar-refractivity contribution in [1.82, 2.24) is 0 Å². The Morgan fingerprint density at radius 3 is 2.70 bits per heavy atom. The molecule has 0 spiro atoms. The van der Waals surface area contributed by atoms with Gasteiger partial charge in [-0.15, -0.1) is 11.8 Å². The van der Waals surface area contributed by atoms with Crippen molar-refractivity contribution in [1.29, 1.82) is 0 Å². The largest absolute Gasteiger partial charge is 0.455 e. The van der Waals surface area contributed by atoms with Crippen molar-refractivity contribution in [3.8, 4) is 0 Å². The van der Waals surface area contributed by atoms with Crippen molar-refractivity contribution in [3.63, 3.8) is 0 Å². The molecule has 1 aliphatic rings. The molecule has 0 radical (unpaired) electrons. The van der Waals surface area contributed by atoms with Crippen molar-refractivity contribution in [2.45, 2.75) is 16.6 Å². The Balaban J connectivity index is 1.62. The van der Waals surface area contributed by atoms with Gasteiger partial charge in [-0.25, -0.2) is 9.38 Å². The number of thioether (sulfide) groups is 1. The highest BCUT2D eigenvalue weighted by Gasteiger charge is 2.26. The molecule has 5 nitrogen and oxygen atoms in total. The minimum Gasteiger partial charge on any atom is -0.455 e. The van der Waals surface area contributed by atoms with Crippen LogP contribution in [0.3, 0.4) is 0 Å². The molecule has 0 aliphatic carbocycles. The lowest BCUT2D eigenvalue weighted by Crippen LogP contribution is -2.05. The zero-order valence-corrected chi connectivity index (χ0v) is 16.4. The molecule has 7 heteroatoms. The minimum absolute atomic E-state index is 0.00258. The highest BCUT2D eigenvalue weighted by molar-refractivity contribution is 7.99. The molecular formula is C23H15FN2O3S. The van der Waals surface area contributed by atoms with Gasteiger partial charge in [0.1, 0.15) is 17.2 Å². The van der Waals surface area contributed by atoms with Crippen LogP contribution in [0, 0.1) is 15.9 Å². The van der Waals surface area contributed by atoms with Crippen LogP contribution in [-0.4, -0.2) is 10.6 Å². The standard InChI is InChI=1S/C23H15FN2O3S/c24-17-6-2-1-5-16(17)23-13-19(25-18-7-3-4-8-22(18)30-23)21-12-14-11-15(26(27)28)9-10-20(14)29-21/h1-12,23H,13H2. The van der Waals surface area contributed by atoms with Crippen LogP contribution in [0.15, 0.2) is 87.1 Å². The Morgan fingerprint density at radius 1 is 1.07 bits per heavy atom. The maximum atomic E-state index is 14.6. The van der Waals surface area contributed by atoms with Gasteiger partial charge in [0, 0.05) is 39.6 Å². The molecule has 2 heterocycles. The van der Waals surface area contributed by atoms with Gasteiger partial charge in [-0.3, -0.25) is 10.1 Å². The van der Waals surface area contributed by atoms with E-state index in [4.69, 9.17) is 9.41 Å². The Kier molecular flexibility index (Phi) is 4.59. The lowest BCUT2D eigenvalue weighted by atomic mass is 10.0. The number of halogens is 1. The van der Waals surface area contributed by atoms with E-state index in [0.717, 1.165) is 10.6 Å². The fraction of sp³-hybridized carbons (Fsp3) is 0.0870. The first-order chi connectivity index (χ1) is 14.6. The number of nitro groups is 1. The van der Waals surface area contributed by atoms with E-state index in [1.807, 2.05) is 30.3 Å². The third-order valence-electron chi connectivity index (χ3n) is 5.02. The smallest absolute Gasteiger partial charge is 0.270 e. The van der Waals surface area contributed by atoms with Crippen LogP contribution in [0.25, 0.3) is 11.0 Å². The summed E-state index contributed by atoms with van der Waals surface area (Å²) in [6.07, 6.45) is 0.461. The number of hydrogen-bond acceptors (Lipinski definition) is 5. The van der Waals surface area contributed by atoms with Gasteiger partial charge in [0.05, 0.1) is 16.3 Å². The molecule has 148 valence electrons. The normalized spacial score (nSPS) is 16.0. The molecule has 3 aromatic carbocycles. The summed E-state index contributed by atoms with van der Waals surface area (Å²) in [5.74, 6) is 0.276. The minimum atomic E-state index is -0.434. The Labute approximate surface area is 175 Å². The summed E-state index contributed by atoms with van der Waals surface area (Å²) in [5, 5.41) is 11.5. The van der Waals surface area contributed by atoms with Gasteiger partial charge in [-0.05, 0) is 30.3 Å². The molecule has 4 aromatic rings. The predicted octanol–water partition coefficient (Wildman–Crippen LogP) is 6.84. The first-order valence-electron chi connectivity index (χ1n) is 9.34. The summed E-state index contributed by atoms with van der Waals surface area (Å²) >= 11 is 1.57. The maximum absolute atomic E-state index is 14.6. The van der Waals surface area contributed by atoms with Crippen molar-refractivity contribution < 1.29 is 13.7 Å². The lowest BCUT2D eigenvalue weighted by molar-refractivity contribution is -0.384. The van der Waals surface area contributed by atoms with Crippen molar-refractivity contribution in [2.24, 2.45) is 4.99 Å². The maximum Gasteiger partial charge on any atom is 0.270 e. The zero-order chi connectivity index (χ0) is 20.7. The van der Waals surface area contributed by atoms with Gasteiger partial charge >= 0.3 is 0 Å². The number of nitrogens with zero attached hydrogens (tertiary/aromatic N) is 2. The Morgan fingerprint density at radius 2 is 1.87 bits per heavy atom. The molecule has 1 aromatic heterocycles. The lowest BCUT2D eigenvalue weighted by Gasteiger charge is -2.16. The van der Waals surface area contributed by atoms with Gasteiger partial charge in [-0.2, -0.15) is 0 Å². The molecule has 0 fully saturated rings. The summed E-state index contributed by atoms with van der Waals surface area (Å²) in [6.45, 7) is 0. The van der Waals surface area contributed by atoms with E-state index in [9.17, 15) is 14.5 Å². The summed E-state index contributed by atoms with van der Waals surface area (Å²) in [5.41, 5.74) is 2.63. The number of furan rings is 1. The fourth-order valence-electron chi connectivity index (χ4n) is 3.56. The number of aliphatic imine (C=N–C) groups is 1. The summed E-state index contributed by atoms with van der Waals surface area (Å²) in [4.78, 5) is 16.4. The van der Waals surface area contributed by atoms with Gasteiger partial charge in [0.25, 0.3) is 5.69 Å². The molecule has 30 heavy (non-hydrogen) atoms. The van der Waals surface area contributed by atoms with Crippen LogP contribution in [0.4, 0.5) is 15.8 Å². The number of hydrogen-bond donors (Lipinski definition) is 0. The average molecular weight is 418 g/mol. The van der Waals surface area contributed by atoms with Crippen LogP contribution >= 0.6 is 11.8 Å². The molecule has 0 saturated carbocycles. The second-order valence-electron chi connectivity index (χ2n) is 6.95. The van der Waals surface area contributed by atoms with Crippen LogP contribution in [0.1, 0.15) is 23.0 Å². The summed E-state index contributed by atoms with van der Waals surface area (Å²) in [6, 6.07) is 20.7. The zero-order valence-electron chi connectivity index (χ0n) is 15.6. The van der Waals surface area contributed by atoms with Crippen LogP contribution in [-0.2, 0) is 0 Å². The second kappa shape index (κ2) is 7.42. The molecule has 0 amide bonds. The van der Waals surface area contributed by atoms with E-state index in [1.54, 1.807) is 36.0 Å². The molecule has 5 rings (SSSR count). The van der Waals surface area contributed by atoms with E-state index in [1.165, 1.54) is 18.2 Å². The molecule has 1 aliphatic heterocycles. The predicted molar refractivity (Wildman–Crippen MR) is 115 cm³/mol. The van der Waals surface area contributed by atoms with E-state index < -0.39 is 4.92 Å². The van der Waals surface area contributed by atoms with Crippen LogP contribution in [0.5, 0.6) is 0 Å². The first kappa shape index (κ1) is 18.6. The van der Waals surface area contributed by atoms with E-state index in [2.05, 4.69) is 0 Å². The van der Waals surface area contributed by atoms with Gasteiger partial charge in [-0.1, -0.05) is 30.3 Å². The molecule has 1 atom stereocenters. The van der Waals surface area contributed by atoms with Crippen molar-refractivity contribution >= 4 is 39.8 Å². The van der Waals surface area contributed by atoms with E-state index >= 15 is 0 Å². The Bertz CT molecular complexity index is 1310. The first-order valence-corrected chi connectivity index (χ1v) is 10.2. The molecule has 1 unspecified atom stereocenters. The van der Waals surface area contributed by atoms with Gasteiger partial charge in [0.15, 0.2) is 0 Å². The van der Waals surface area contributed by atoms with Gasteiger partial charge in [0.2, 0.25) is 0 Å². The van der Waals surface area contributed by atoms with E-state index in [-0.39, 0.29) is 16.8 Å². The number of benzene rings is 3. The third-order valence-corrected chi connectivity index (χ3v) is 6.32. The number of nitro benzene ring substituents is 1. The summed E-state index contributed by atoms with van der Waals surface area (Å²) in [7, 11) is 0. The van der Waals surface area contributed by atoms with Gasteiger partial charge < -0.3 is 4.42 Å². The van der Waals surface area contributed by atoms with Crippen LogP contribution in [0.2, 0.25) is 0 Å². The van der Waals surface area contributed by atoms with Crippen molar-refractivity contribution in [3.05, 3.63) is 100 Å². The topological polar surface area (TPSA) is 68.6 Å². The third kappa shape index (κ3) is 3.37. The average Bonchev–Trinajstić information content (AvgIpc) is 3.07. The molecule has 0 N–H and O–H groups in total. The number of non-ortho nitro benzene ring substituents is 1. The molecular weight excluding hydrogens is 403 g/mol. The fourth-order valence-corrected chi connectivity index (χ4v) is 4.82. The Hall–Kier alpha value is -3.45.